The first kappa shape index (κ1) is 29.0. The van der Waals surface area contributed by atoms with Crippen LogP contribution in [0.3, 0.4) is 0 Å². The molecule has 2 amide bonds. The number of hydrogen-bond donors (Lipinski definition) is 3. The fourth-order valence-corrected chi connectivity index (χ4v) is 4.41. The van der Waals surface area contributed by atoms with Gasteiger partial charge in [0.2, 0.25) is 11.9 Å². The van der Waals surface area contributed by atoms with E-state index in [9.17, 15) is 22.4 Å². The van der Waals surface area contributed by atoms with E-state index in [1.165, 1.54) is 30.9 Å². The van der Waals surface area contributed by atoms with E-state index in [4.69, 9.17) is 10.5 Å². The maximum Gasteiger partial charge on any atom is 0.278 e. The van der Waals surface area contributed by atoms with E-state index in [2.05, 4.69) is 20.1 Å². The first-order valence-corrected chi connectivity index (χ1v) is 13.5. The number of halogens is 1. The highest BCUT2D eigenvalue weighted by atomic mass is 32.2. The summed E-state index contributed by atoms with van der Waals surface area (Å²) >= 11 is 0. The molecule has 0 spiro atoms. The summed E-state index contributed by atoms with van der Waals surface area (Å²) in [4.78, 5) is 29.6. The molecule has 13 nitrogen and oxygen atoms in total. The lowest BCUT2D eigenvalue weighted by Crippen LogP contribution is -2.36. The molecule has 15 heteroatoms. The van der Waals surface area contributed by atoms with E-state index in [-0.39, 0.29) is 36.9 Å². The molecule has 0 saturated heterocycles. The lowest BCUT2D eigenvalue weighted by atomic mass is 10.1. The van der Waals surface area contributed by atoms with Crippen LogP contribution in [0.15, 0.2) is 18.2 Å². The predicted molar refractivity (Wildman–Crippen MR) is 140 cm³/mol. The molecule has 0 atom stereocenters. The summed E-state index contributed by atoms with van der Waals surface area (Å²) < 4.78 is 49.2. The molecule has 3 rings (SSSR count). The van der Waals surface area contributed by atoms with Crippen molar-refractivity contribution in [3.8, 4) is 5.75 Å². The molecule has 0 unspecified atom stereocenters. The minimum Gasteiger partial charge on any atom is -0.491 e. The van der Waals surface area contributed by atoms with Gasteiger partial charge in [-0.2, -0.15) is 17.8 Å². The van der Waals surface area contributed by atoms with Crippen molar-refractivity contribution in [2.45, 2.75) is 39.8 Å². The Morgan fingerprint density at radius 1 is 1.21 bits per heavy atom. The topological polar surface area (TPSA) is 166 Å². The Bertz CT molecular complexity index is 1420. The third-order valence-electron chi connectivity index (χ3n) is 5.54. The lowest BCUT2D eigenvalue weighted by molar-refractivity contribution is 0.0995. The van der Waals surface area contributed by atoms with E-state index >= 15 is 0 Å². The Morgan fingerprint density at radius 2 is 1.95 bits per heavy atom. The summed E-state index contributed by atoms with van der Waals surface area (Å²) in [5, 5.41) is 6.92. The minimum atomic E-state index is -3.56. The van der Waals surface area contributed by atoms with Crippen LogP contribution in [0.4, 0.5) is 10.3 Å². The van der Waals surface area contributed by atoms with Gasteiger partial charge in [0.1, 0.15) is 23.6 Å². The van der Waals surface area contributed by atoms with Gasteiger partial charge in [-0.05, 0) is 38.0 Å². The van der Waals surface area contributed by atoms with E-state index in [0.717, 1.165) is 4.31 Å². The summed E-state index contributed by atoms with van der Waals surface area (Å²) in [5.74, 6) is -0.677. The molecular weight excluding hydrogens is 519 g/mol. The number of anilines is 1. The highest BCUT2D eigenvalue weighted by molar-refractivity contribution is 7.87. The third kappa shape index (κ3) is 6.65. The van der Waals surface area contributed by atoms with Gasteiger partial charge in [0.05, 0.1) is 24.4 Å². The van der Waals surface area contributed by atoms with Gasteiger partial charge in [-0.1, -0.05) is 6.92 Å². The molecule has 0 saturated carbocycles. The number of aromatic nitrogens is 4. The van der Waals surface area contributed by atoms with Crippen LogP contribution >= 0.6 is 0 Å². The molecule has 208 valence electrons. The Labute approximate surface area is 220 Å². The zero-order valence-corrected chi connectivity index (χ0v) is 22.6. The Hall–Kier alpha value is -3.56. The molecule has 0 radical (unpaired) electrons. The maximum atomic E-state index is 13.1. The summed E-state index contributed by atoms with van der Waals surface area (Å²) in [5.41, 5.74) is 7.34. The first-order valence-electron chi connectivity index (χ1n) is 12.0. The highest BCUT2D eigenvalue weighted by Gasteiger charge is 2.22. The van der Waals surface area contributed by atoms with Crippen LogP contribution in [-0.2, 0) is 23.3 Å². The van der Waals surface area contributed by atoms with Gasteiger partial charge in [-0.3, -0.25) is 19.6 Å². The molecule has 0 fully saturated rings. The first-order chi connectivity index (χ1) is 18.0. The van der Waals surface area contributed by atoms with Gasteiger partial charge >= 0.3 is 0 Å². The average molecular weight is 553 g/mol. The predicted octanol–water partition coefficient (Wildman–Crippen LogP) is 1.44. The number of benzene rings is 1. The molecule has 38 heavy (non-hydrogen) atoms. The molecule has 3 aromatic rings. The fraction of sp³-hybridized carbons (Fsp3) is 0.478. The zero-order chi connectivity index (χ0) is 28.0. The highest BCUT2D eigenvalue weighted by Crippen LogP contribution is 2.31. The number of aryl methyl sites for hydroxylation is 3. The van der Waals surface area contributed by atoms with Crippen LogP contribution in [0, 0.1) is 6.92 Å². The van der Waals surface area contributed by atoms with Crippen LogP contribution in [0.5, 0.6) is 5.75 Å². The normalized spacial score (nSPS) is 11.8. The number of ether oxygens (including phenoxy) is 1. The van der Waals surface area contributed by atoms with Crippen LogP contribution in [0.2, 0.25) is 0 Å². The molecule has 2 heterocycles. The minimum absolute atomic E-state index is 0.0629. The zero-order valence-electron chi connectivity index (χ0n) is 21.8. The number of rotatable bonds is 14. The Kier molecular flexibility index (Phi) is 9.40. The van der Waals surface area contributed by atoms with Crippen LogP contribution in [0.1, 0.15) is 46.3 Å². The summed E-state index contributed by atoms with van der Waals surface area (Å²) in [7, 11) is -0.716. The van der Waals surface area contributed by atoms with Gasteiger partial charge in [0.25, 0.3) is 16.1 Å². The number of hydrogen-bond acceptors (Lipinski definition) is 7. The van der Waals surface area contributed by atoms with Crippen molar-refractivity contribution >= 4 is 39.0 Å². The van der Waals surface area contributed by atoms with Crippen molar-refractivity contribution in [1.82, 2.24) is 28.4 Å². The van der Waals surface area contributed by atoms with E-state index in [1.54, 1.807) is 17.6 Å². The average Bonchev–Trinajstić information content (AvgIpc) is 3.38. The molecular formula is C23H33FN8O5S. The van der Waals surface area contributed by atoms with Gasteiger partial charge < -0.3 is 15.0 Å². The second-order valence-corrected chi connectivity index (χ2v) is 10.7. The van der Waals surface area contributed by atoms with E-state index in [1.807, 2.05) is 6.92 Å². The number of amides is 2. The lowest BCUT2D eigenvalue weighted by Gasteiger charge is -2.14. The fourth-order valence-electron chi connectivity index (χ4n) is 3.75. The quantitative estimate of drug-likeness (QED) is 0.254. The second-order valence-electron chi connectivity index (χ2n) is 8.71. The molecule has 1 aromatic carbocycles. The van der Waals surface area contributed by atoms with Crippen molar-refractivity contribution in [1.29, 1.82) is 0 Å². The monoisotopic (exact) mass is 552 g/mol. The molecule has 0 aliphatic heterocycles. The van der Waals surface area contributed by atoms with Crippen molar-refractivity contribution in [3.63, 3.8) is 0 Å². The maximum absolute atomic E-state index is 13.1. The number of carbonyl (C=O) groups excluding carboxylic acids is 2. The standard InChI is InChI=1S/C23H33FN8O5S/c1-5-9-31-20-17(27-23(31)28-22(34)18-12-15(2)29-32(18)10-7-24)13-16(21(25)33)14-19(20)37-11-6-8-26-38(35,36)30(3)4/h12-14,26H,5-11H2,1-4H3,(H2,25,33)(H,27,28,34). The molecule has 0 bridgehead atoms. The van der Waals surface area contributed by atoms with Gasteiger partial charge in [0.15, 0.2) is 0 Å². The van der Waals surface area contributed by atoms with Gasteiger partial charge in [0, 0.05) is 32.7 Å². The summed E-state index contributed by atoms with van der Waals surface area (Å²) in [6.07, 6.45) is 1.04. The number of imidazole rings is 1. The number of fused-ring (bicyclic) bond motifs is 1. The number of alkyl halides is 1. The molecule has 4 N–H and O–H groups in total. The number of nitrogens with two attached hydrogens (primary N) is 1. The van der Waals surface area contributed by atoms with Crippen LogP contribution in [-0.4, -0.2) is 77.8 Å². The summed E-state index contributed by atoms with van der Waals surface area (Å²) in [6, 6.07) is 4.56. The van der Waals surface area contributed by atoms with Crippen molar-refractivity contribution < 1.29 is 27.1 Å². The number of nitrogens with one attached hydrogen (secondary N) is 2. The molecule has 0 aliphatic rings. The van der Waals surface area contributed by atoms with Gasteiger partial charge in [-0.25, -0.2) is 14.1 Å². The number of nitrogens with zero attached hydrogens (tertiary/aromatic N) is 5. The molecule has 2 aromatic heterocycles. The van der Waals surface area contributed by atoms with Crippen molar-refractivity contribution in [2.75, 3.05) is 39.2 Å². The third-order valence-corrected chi connectivity index (χ3v) is 7.07. The van der Waals surface area contributed by atoms with Gasteiger partial charge in [-0.15, -0.1) is 0 Å². The van der Waals surface area contributed by atoms with Crippen molar-refractivity contribution in [2.24, 2.45) is 5.73 Å². The second kappa shape index (κ2) is 12.3. The number of primary amides is 1. The van der Waals surface area contributed by atoms with Crippen LogP contribution in [0.25, 0.3) is 11.0 Å². The smallest absolute Gasteiger partial charge is 0.278 e. The Balaban J connectivity index is 1.92. The Morgan fingerprint density at radius 3 is 2.58 bits per heavy atom. The SMILES string of the molecule is CCCn1c(NC(=O)c2cc(C)nn2CCF)nc2cc(C(N)=O)cc(OCCCNS(=O)(=O)N(C)C)c21. The largest absolute Gasteiger partial charge is 0.491 e. The summed E-state index contributed by atoms with van der Waals surface area (Å²) in [6.45, 7) is 3.65. The van der Waals surface area contributed by atoms with Crippen molar-refractivity contribution in [3.05, 3.63) is 35.2 Å². The van der Waals surface area contributed by atoms with E-state index < -0.39 is 28.7 Å². The molecule has 0 aliphatic carbocycles. The number of carbonyl (C=O) groups is 2. The van der Waals surface area contributed by atoms with Crippen LogP contribution < -0.4 is 20.5 Å². The van der Waals surface area contributed by atoms with E-state index in [0.29, 0.717) is 41.9 Å².